The zero-order valence-electron chi connectivity index (χ0n) is 14.9. The smallest absolute Gasteiger partial charge is 0.267 e. The first kappa shape index (κ1) is 16.6. The van der Waals surface area contributed by atoms with E-state index < -0.39 is 0 Å². The van der Waals surface area contributed by atoms with Crippen LogP contribution < -0.4 is 5.56 Å². The molecule has 0 aromatic carbocycles. The molecule has 26 heavy (non-hydrogen) atoms. The van der Waals surface area contributed by atoms with Gasteiger partial charge in [-0.15, -0.1) is 5.10 Å². The van der Waals surface area contributed by atoms with Crippen molar-refractivity contribution in [1.82, 2.24) is 34.6 Å². The fraction of sp³-hybridized carbons (Fsp3) is 0.471. The van der Waals surface area contributed by atoms with Crippen LogP contribution in [0.15, 0.2) is 33.9 Å². The van der Waals surface area contributed by atoms with E-state index in [9.17, 15) is 4.79 Å². The highest BCUT2D eigenvalue weighted by Gasteiger charge is 2.23. The molecular weight excluding hydrogens is 334 g/mol. The first-order valence-corrected chi connectivity index (χ1v) is 8.71. The van der Waals surface area contributed by atoms with Gasteiger partial charge >= 0.3 is 0 Å². The lowest BCUT2D eigenvalue weighted by atomic mass is 10.1. The van der Waals surface area contributed by atoms with Gasteiger partial charge in [0.2, 0.25) is 6.39 Å². The summed E-state index contributed by atoms with van der Waals surface area (Å²) in [4.78, 5) is 18.7. The highest BCUT2D eigenvalue weighted by Crippen LogP contribution is 2.21. The van der Waals surface area contributed by atoms with Crippen molar-refractivity contribution in [3.8, 4) is 5.82 Å². The number of piperidine rings is 1. The average molecular weight is 355 g/mol. The normalized spacial score (nSPS) is 16.2. The molecule has 0 radical (unpaired) electrons. The molecule has 9 nitrogen and oxygen atoms in total. The van der Waals surface area contributed by atoms with Gasteiger partial charge in [0.25, 0.3) is 5.56 Å². The van der Waals surface area contributed by atoms with Crippen LogP contribution in [0.3, 0.4) is 0 Å². The topological polar surface area (TPSA) is 94.9 Å². The van der Waals surface area contributed by atoms with Gasteiger partial charge in [-0.05, 0) is 38.8 Å². The van der Waals surface area contributed by atoms with Crippen LogP contribution >= 0.6 is 0 Å². The van der Waals surface area contributed by atoms with Gasteiger partial charge in [-0.1, -0.05) is 5.16 Å². The summed E-state index contributed by atoms with van der Waals surface area (Å²) in [6.45, 7) is 6.30. The summed E-state index contributed by atoms with van der Waals surface area (Å²) in [5, 5.41) is 12.9. The van der Waals surface area contributed by atoms with E-state index in [1.54, 1.807) is 21.5 Å². The summed E-state index contributed by atoms with van der Waals surface area (Å²) in [6, 6.07) is 5.38. The maximum Gasteiger partial charge on any atom is 0.267 e. The number of hydrogen-bond donors (Lipinski definition) is 0. The first-order valence-electron chi connectivity index (χ1n) is 8.71. The van der Waals surface area contributed by atoms with E-state index in [1.807, 2.05) is 19.9 Å². The summed E-state index contributed by atoms with van der Waals surface area (Å²) in [7, 11) is 0. The molecule has 4 rings (SSSR count). The molecule has 0 aliphatic carbocycles. The van der Waals surface area contributed by atoms with Crippen LogP contribution in [0.5, 0.6) is 0 Å². The molecule has 1 aliphatic rings. The fourth-order valence-electron chi connectivity index (χ4n) is 3.43. The van der Waals surface area contributed by atoms with Gasteiger partial charge in [0.1, 0.15) is 0 Å². The molecule has 0 saturated carbocycles. The molecule has 0 amide bonds. The van der Waals surface area contributed by atoms with Crippen LogP contribution in [0.1, 0.15) is 36.1 Å². The first-order chi connectivity index (χ1) is 12.6. The number of aromatic nitrogens is 6. The predicted octanol–water partition coefficient (Wildman–Crippen LogP) is 1.27. The van der Waals surface area contributed by atoms with Gasteiger partial charge in [-0.25, -0.2) is 9.36 Å². The van der Waals surface area contributed by atoms with Crippen molar-refractivity contribution in [3.63, 3.8) is 0 Å². The van der Waals surface area contributed by atoms with Crippen LogP contribution in [0.4, 0.5) is 0 Å². The summed E-state index contributed by atoms with van der Waals surface area (Å²) < 4.78 is 8.16. The van der Waals surface area contributed by atoms with Crippen LogP contribution in [0.2, 0.25) is 0 Å². The Kier molecular flexibility index (Phi) is 4.37. The Morgan fingerprint density at radius 2 is 2.00 bits per heavy atom. The second-order valence-electron chi connectivity index (χ2n) is 6.67. The Hall–Kier alpha value is -2.81. The zero-order valence-corrected chi connectivity index (χ0v) is 14.9. The van der Waals surface area contributed by atoms with Gasteiger partial charge in [-0.2, -0.15) is 10.1 Å². The lowest BCUT2D eigenvalue weighted by Gasteiger charge is -2.31. The third-order valence-electron chi connectivity index (χ3n) is 4.71. The molecule has 1 saturated heterocycles. The lowest BCUT2D eigenvalue weighted by Crippen LogP contribution is -2.38. The molecule has 1 aliphatic heterocycles. The average Bonchev–Trinajstić information content (AvgIpc) is 3.25. The van der Waals surface area contributed by atoms with Crippen molar-refractivity contribution < 1.29 is 4.52 Å². The molecule has 9 heteroatoms. The molecule has 0 bridgehead atoms. The Balaban J connectivity index is 1.50. The molecule has 3 aromatic rings. The minimum absolute atomic E-state index is 0.0769. The molecule has 4 heterocycles. The van der Waals surface area contributed by atoms with Crippen molar-refractivity contribution in [2.45, 2.75) is 39.3 Å². The maximum atomic E-state index is 12.4. The number of nitrogens with zero attached hydrogens (tertiary/aromatic N) is 7. The highest BCUT2D eigenvalue weighted by atomic mass is 16.5. The zero-order chi connectivity index (χ0) is 18.1. The van der Waals surface area contributed by atoms with E-state index in [2.05, 4.69) is 25.2 Å². The van der Waals surface area contributed by atoms with Crippen LogP contribution in [0.25, 0.3) is 5.82 Å². The van der Waals surface area contributed by atoms with Crippen molar-refractivity contribution >= 4 is 0 Å². The van der Waals surface area contributed by atoms with E-state index in [1.165, 1.54) is 6.39 Å². The monoisotopic (exact) mass is 355 g/mol. The molecule has 1 fully saturated rings. The second kappa shape index (κ2) is 6.83. The third kappa shape index (κ3) is 3.30. The van der Waals surface area contributed by atoms with Crippen molar-refractivity contribution in [1.29, 1.82) is 0 Å². The maximum absolute atomic E-state index is 12.4. The lowest BCUT2D eigenvalue weighted by molar-refractivity contribution is 0.165. The SMILES string of the molecule is Cc1cc(C)n(-c2ccc(=O)n(C3CCN(Cc4ncon4)CC3)n2)n1. The van der Waals surface area contributed by atoms with Crippen molar-refractivity contribution in [2.75, 3.05) is 13.1 Å². The number of rotatable bonds is 4. The van der Waals surface area contributed by atoms with E-state index in [0.717, 1.165) is 37.3 Å². The van der Waals surface area contributed by atoms with Gasteiger partial charge < -0.3 is 4.52 Å². The minimum atomic E-state index is -0.0769. The number of hydrogen-bond acceptors (Lipinski definition) is 7. The van der Waals surface area contributed by atoms with E-state index >= 15 is 0 Å². The quantitative estimate of drug-likeness (QED) is 0.695. The van der Waals surface area contributed by atoms with E-state index in [-0.39, 0.29) is 11.6 Å². The summed E-state index contributed by atoms with van der Waals surface area (Å²) >= 11 is 0. The predicted molar refractivity (Wildman–Crippen MR) is 92.9 cm³/mol. The third-order valence-corrected chi connectivity index (χ3v) is 4.71. The molecule has 0 unspecified atom stereocenters. The Morgan fingerprint density at radius 3 is 2.65 bits per heavy atom. The van der Waals surface area contributed by atoms with Crippen molar-refractivity contribution in [2.24, 2.45) is 0 Å². The Bertz CT molecular complexity index is 936. The van der Waals surface area contributed by atoms with Gasteiger partial charge in [-0.3, -0.25) is 9.69 Å². The minimum Gasteiger partial charge on any atom is -0.343 e. The van der Waals surface area contributed by atoms with E-state index in [0.29, 0.717) is 18.2 Å². The van der Waals surface area contributed by atoms with Crippen molar-refractivity contribution in [3.05, 3.63) is 52.2 Å². The summed E-state index contributed by atoms with van der Waals surface area (Å²) in [5.74, 6) is 1.36. The largest absolute Gasteiger partial charge is 0.343 e. The Labute approximate surface area is 150 Å². The summed E-state index contributed by atoms with van der Waals surface area (Å²) in [5.41, 5.74) is 1.85. The standard InChI is InChI=1S/C17H21N7O2/c1-12-9-13(2)23(19-12)16-3-4-17(25)24(20-16)14-5-7-22(8-6-14)10-15-18-11-26-21-15/h3-4,9,11,14H,5-8,10H2,1-2H3. The molecular formula is C17H21N7O2. The van der Waals surface area contributed by atoms with Crippen LogP contribution in [-0.4, -0.2) is 47.7 Å². The number of likely N-dealkylation sites (tertiary alicyclic amines) is 1. The van der Waals surface area contributed by atoms with E-state index in [4.69, 9.17) is 4.52 Å². The van der Waals surface area contributed by atoms with Gasteiger partial charge in [0.15, 0.2) is 11.6 Å². The Morgan fingerprint density at radius 1 is 1.19 bits per heavy atom. The van der Waals surface area contributed by atoms with Crippen LogP contribution in [0, 0.1) is 13.8 Å². The highest BCUT2D eigenvalue weighted by molar-refractivity contribution is 5.23. The van der Waals surface area contributed by atoms with Gasteiger partial charge in [0.05, 0.1) is 18.3 Å². The second-order valence-corrected chi connectivity index (χ2v) is 6.67. The summed E-state index contributed by atoms with van der Waals surface area (Å²) in [6.07, 6.45) is 3.05. The number of aryl methyl sites for hydroxylation is 2. The van der Waals surface area contributed by atoms with Crippen LogP contribution in [-0.2, 0) is 6.54 Å². The molecule has 0 N–H and O–H groups in total. The molecule has 136 valence electrons. The molecule has 3 aromatic heterocycles. The van der Waals surface area contributed by atoms with Gasteiger partial charge in [0, 0.05) is 24.8 Å². The molecule has 0 atom stereocenters. The molecule has 0 spiro atoms. The fourth-order valence-corrected chi connectivity index (χ4v) is 3.43.